The van der Waals surface area contributed by atoms with Crippen LogP contribution >= 0.6 is 0 Å². The molecule has 0 aliphatic rings. The summed E-state index contributed by atoms with van der Waals surface area (Å²) in [5, 5.41) is 0. The number of pyridine rings is 1. The average molecular weight is 196 g/mol. The number of methoxy groups -OCH3 is 1. The number of aromatic amines is 1. The summed E-state index contributed by atoms with van der Waals surface area (Å²) in [6, 6.07) is 2.77. The van der Waals surface area contributed by atoms with E-state index in [0.717, 1.165) is 0 Å². The number of hydrogen-bond donors (Lipinski definition) is 1. The van der Waals surface area contributed by atoms with Crippen LogP contribution in [0.25, 0.3) is 0 Å². The summed E-state index contributed by atoms with van der Waals surface area (Å²) in [4.78, 5) is 26.6. The van der Waals surface area contributed by atoms with E-state index < -0.39 is 5.97 Å². The lowest BCUT2D eigenvalue weighted by atomic mass is 10.2. The Labute approximate surface area is 81.3 Å². The molecule has 0 fully saturated rings. The maximum Gasteiger partial charge on any atom is 0.338 e. The third-order valence-electron chi connectivity index (χ3n) is 1.73. The molecule has 0 saturated carbocycles. The van der Waals surface area contributed by atoms with E-state index in [1.807, 2.05) is 0 Å². The lowest BCUT2D eigenvalue weighted by Gasteiger charge is -2.12. The van der Waals surface area contributed by atoms with E-state index in [4.69, 9.17) is 0 Å². The van der Waals surface area contributed by atoms with Gasteiger partial charge in [0.1, 0.15) is 5.82 Å². The Hall–Kier alpha value is -1.78. The van der Waals surface area contributed by atoms with Crippen molar-refractivity contribution < 1.29 is 9.53 Å². The summed E-state index contributed by atoms with van der Waals surface area (Å²) in [5.74, 6) is 0.0529. The Morgan fingerprint density at radius 2 is 2.07 bits per heavy atom. The van der Waals surface area contributed by atoms with Gasteiger partial charge in [-0.2, -0.15) is 0 Å². The second-order valence-electron chi connectivity index (χ2n) is 3.00. The second kappa shape index (κ2) is 3.95. The molecule has 0 saturated heterocycles. The Balaban J connectivity index is 3.20. The summed E-state index contributed by atoms with van der Waals surface area (Å²) >= 11 is 0. The minimum absolute atomic E-state index is 0.250. The third kappa shape index (κ3) is 2.12. The SMILES string of the molecule is COC(=O)c1cc(N(C)C)[nH]c(=O)c1. The van der Waals surface area contributed by atoms with Crippen molar-refractivity contribution in [2.24, 2.45) is 0 Å². The average Bonchev–Trinajstić information content (AvgIpc) is 2.15. The minimum Gasteiger partial charge on any atom is -0.465 e. The van der Waals surface area contributed by atoms with E-state index in [0.29, 0.717) is 5.82 Å². The number of carbonyl (C=O) groups is 1. The number of rotatable bonds is 2. The highest BCUT2D eigenvalue weighted by Gasteiger charge is 2.08. The lowest BCUT2D eigenvalue weighted by Crippen LogP contribution is -2.18. The van der Waals surface area contributed by atoms with E-state index in [9.17, 15) is 9.59 Å². The summed E-state index contributed by atoms with van der Waals surface area (Å²) in [6.07, 6.45) is 0. The van der Waals surface area contributed by atoms with Crippen molar-refractivity contribution in [1.82, 2.24) is 4.98 Å². The normalized spacial score (nSPS) is 9.64. The molecule has 5 heteroatoms. The van der Waals surface area contributed by atoms with Crippen LogP contribution in [-0.2, 0) is 4.74 Å². The standard InChI is InChI=1S/C9H12N2O3/c1-11(2)7-4-6(9(13)14-3)5-8(12)10-7/h4-5H,1-3H3,(H,10,12). The van der Waals surface area contributed by atoms with Crippen LogP contribution in [0.5, 0.6) is 0 Å². The first-order chi connectivity index (χ1) is 6.54. The van der Waals surface area contributed by atoms with Crippen LogP contribution in [0.1, 0.15) is 10.4 Å². The van der Waals surface area contributed by atoms with E-state index in [2.05, 4.69) is 9.72 Å². The van der Waals surface area contributed by atoms with Gasteiger partial charge in [0.05, 0.1) is 12.7 Å². The summed E-state index contributed by atoms with van der Waals surface area (Å²) in [7, 11) is 4.82. The van der Waals surface area contributed by atoms with Crippen LogP contribution in [-0.4, -0.2) is 32.2 Å². The molecular weight excluding hydrogens is 184 g/mol. The molecule has 0 radical (unpaired) electrons. The number of nitrogens with one attached hydrogen (secondary N) is 1. The molecule has 0 aliphatic heterocycles. The number of H-pyrrole nitrogens is 1. The number of nitrogens with zero attached hydrogens (tertiary/aromatic N) is 1. The van der Waals surface area contributed by atoms with Gasteiger partial charge in [-0.3, -0.25) is 4.79 Å². The van der Waals surface area contributed by atoms with Gasteiger partial charge < -0.3 is 14.6 Å². The summed E-state index contributed by atoms with van der Waals surface area (Å²) < 4.78 is 4.52. The highest BCUT2D eigenvalue weighted by atomic mass is 16.5. The first-order valence-corrected chi connectivity index (χ1v) is 4.04. The van der Waals surface area contributed by atoms with Crippen molar-refractivity contribution in [1.29, 1.82) is 0 Å². The van der Waals surface area contributed by atoms with Gasteiger partial charge in [0.15, 0.2) is 0 Å². The molecule has 5 nitrogen and oxygen atoms in total. The van der Waals surface area contributed by atoms with Crippen molar-refractivity contribution in [3.63, 3.8) is 0 Å². The highest BCUT2D eigenvalue weighted by molar-refractivity contribution is 5.89. The minimum atomic E-state index is -0.515. The third-order valence-corrected chi connectivity index (χ3v) is 1.73. The molecule has 76 valence electrons. The van der Waals surface area contributed by atoms with Gasteiger partial charge in [-0.05, 0) is 6.07 Å². The van der Waals surface area contributed by atoms with Crippen LogP contribution in [0.4, 0.5) is 5.82 Å². The number of anilines is 1. The van der Waals surface area contributed by atoms with Crippen molar-refractivity contribution in [2.45, 2.75) is 0 Å². The van der Waals surface area contributed by atoms with Crippen molar-refractivity contribution >= 4 is 11.8 Å². The van der Waals surface area contributed by atoms with Crippen molar-refractivity contribution in [2.75, 3.05) is 26.1 Å². The molecule has 0 aromatic carbocycles. The molecule has 0 amide bonds. The van der Waals surface area contributed by atoms with Crippen molar-refractivity contribution in [3.05, 3.63) is 28.0 Å². The molecule has 1 N–H and O–H groups in total. The number of ether oxygens (including phenoxy) is 1. The van der Waals surface area contributed by atoms with Gasteiger partial charge in [0.25, 0.3) is 0 Å². The van der Waals surface area contributed by atoms with Gasteiger partial charge in [0.2, 0.25) is 5.56 Å². The number of carbonyl (C=O) groups excluding carboxylic acids is 1. The van der Waals surface area contributed by atoms with Crippen molar-refractivity contribution in [3.8, 4) is 0 Å². The topological polar surface area (TPSA) is 62.4 Å². The monoisotopic (exact) mass is 196 g/mol. The Bertz CT molecular complexity index is 395. The predicted molar refractivity (Wildman–Crippen MR) is 52.7 cm³/mol. The molecule has 0 spiro atoms. The first kappa shape index (κ1) is 10.3. The largest absolute Gasteiger partial charge is 0.465 e. The molecule has 1 heterocycles. The fourth-order valence-corrected chi connectivity index (χ4v) is 1.01. The molecule has 0 aliphatic carbocycles. The Morgan fingerprint density at radius 1 is 1.43 bits per heavy atom. The maximum absolute atomic E-state index is 11.1. The van der Waals surface area contributed by atoms with Gasteiger partial charge in [-0.15, -0.1) is 0 Å². The number of aromatic nitrogens is 1. The molecule has 0 bridgehead atoms. The fourth-order valence-electron chi connectivity index (χ4n) is 1.01. The Morgan fingerprint density at radius 3 is 2.57 bits per heavy atom. The molecule has 1 aromatic rings. The maximum atomic E-state index is 11.1. The molecule has 0 unspecified atom stereocenters. The molecule has 1 rings (SSSR count). The van der Waals surface area contributed by atoms with Crippen LogP contribution in [0.3, 0.4) is 0 Å². The van der Waals surface area contributed by atoms with Gasteiger partial charge in [-0.25, -0.2) is 4.79 Å². The number of hydrogen-bond acceptors (Lipinski definition) is 4. The zero-order valence-electron chi connectivity index (χ0n) is 8.33. The van der Waals surface area contributed by atoms with Crippen LogP contribution in [0.15, 0.2) is 16.9 Å². The smallest absolute Gasteiger partial charge is 0.338 e. The highest BCUT2D eigenvalue weighted by Crippen LogP contribution is 2.07. The first-order valence-electron chi connectivity index (χ1n) is 4.04. The van der Waals surface area contributed by atoms with E-state index in [1.54, 1.807) is 25.1 Å². The quantitative estimate of drug-likeness (QED) is 0.688. The molecule has 0 atom stereocenters. The van der Waals surface area contributed by atoms with Crippen LogP contribution < -0.4 is 10.5 Å². The van der Waals surface area contributed by atoms with Gasteiger partial charge in [-0.1, -0.05) is 0 Å². The molecule has 14 heavy (non-hydrogen) atoms. The zero-order valence-corrected chi connectivity index (χ0v) is 8.33. The summed E-state index contributed by atoms with van der Waals surface area (Å²) in [6.45, 7) is 0. The summed E-state index contributed by atoms with van der Waals surface area (Å²) in [5.41, 5.74) is -0.0726. The molecule has 1 aromatic heterocycles. The van der Waals surface area contributed by atoms with Crippen LogP contribution in [0.2, 0.25) is 0 Å². The van der Waals surface area contributed by atoms with Crippen LogP contribution in [0, 0.1) is 0 Å². The zero-order chi connectivity index (χ0) is 10.7. The molecular formula is C9H12N2O3. The second-order valence-corrected chi connectivity index (χ2v) is 3.00. The predicted octanol–water partition coefficient (Wildman–Crippen LogP) is 0.227. The van der Waals surface area contributed by atoms with E-state index >= 15 is 0 Å². The lowest BCUT2D eigenvalue weighted by molar-refractivity contribution is 0.0600. The van der Waals surface area contributed by atoms with Gasteiger partial charge in [0, 0.05) is 20.2 Å². The Kier molecular flexibility index (Phi) is 2.91. The number of esters is 1. The van der Waals surface area contributed by atoms with E-state index in [1.165, 1.54) is 13.2 Å². The fraction of sp³-hybridized carbons (Fsp3) is 0.333. The van der Waals surface area contributed by atoms with Gasteiger partial charge >= 0.3 is 5.97 Å². The van der Waals surface area contributed by atoms with E-state index in [-0.39, 0.29) is 11.1 Å².